The molecule has 59 heavy (non-hydrogen) atoms. The van der Waals surface area contributed by atoms with Crippen LogP contribution in [0.5, 0.6) is 11.5 Å². The number of hydrogen-bond acceptors (Lipinski definition) is 6. The Hall–Kier alpha value is -6.68. The summed E-state index contributed by atoms with van der Waals surface area (Å²) in [5.74, 6) is 4.35. The third-order valence-corrected chi connectivity index (χ3v) is 13.8. The third-order valence-electron chi connectivity index (χ3n) is 13.8. The Balaban J connectivity index is 1.28. The van der Waals surface area contributed by atoms with E-state index in [0.29, 0.717) is 24.1 Å². The van der Waals surface area contributed by atoms with Crippen LogP contribution < -0.4 is 18.6 Å². The van der Waals surface area contributed by atoms with E-state index in [9.17, 15) is 0 Å². The first-order valence-electron chi connectivity index (χ1n) is 21.4. The van der Waals surface area contributed by atoms with Gasteiger partial charge in [0.05, 0.1) is 28.7 Å². The molecule has 0 fully saturated rings. The van der Waals surface area contributed by atoms with Crippen LogP contribution in [-0.4, -0.2) is 19.1 Å². The molecule has 1 atom stereocenters. The van der Waals surface area contributed by atoms with Crippen LogP contribution in [0.15, 0.2) is 69.5 Å². The summed E-state index contributed by atoms with van der Waals surface area (Å²) in [6, 6.07) is 20.5. The van der Waals surface area contributed by atoms with Gasteiger partial charge in [-0.1, -0.05) is 44.4 Å². The number of imidazole rings is 2. The molecule has 10 nitrogen and oxygen atoms in total. The van der Waals surface area contributed by atoms with Crippen LogP contribution in [0.1, 0.15) is 63.8 Å². The van der Waals surface area contributed by atoms with Gasteiger partial charge in [-0.05, 0) is 115 Å². The zero-order valence-electron chi connectivity index (χ0n) is 33.8. The number of fused-ring (bicyclic) bond motifs is 6. The second kappa shape index (κ2) is 10.5. The van der Waals surface area contributed by atoms with E-state index >= 15 is 0 Å². The highest BCUT2D eigenvalue weighted by atomic mass is 16.7. The number of para-hydroxylation sites is 2. The van der Waals surface area contributed by atoms with E-state index in [2.05, 4.69) is 114 Å². The first-order valence-corrected chi connectivity index (χ1v) is 21.4. The largest absolute Gasteiger partial charge is 0.657 e. The van der Waals surface area contributed by atoms with Gasteiger partial charge < -0.3 is 22.9 Å². The fourth-order valence-electron chi connectivity index (χ4n) is 11.3. The molecule has 1 spiro atoms. The number of oxazole rings is 2. The molecule has 0 amide bonds. The van der Waals surface area contributed by atoms with Gasteiger partial charge in [0.2, 0.25) is 17.0 Å². The predicted molar refractivity (Wildman–Crippen MR) is 227 cm³/mol. The molecule has 4 aliphatic rings. The van der Waals surface area contributed by atoms with Crippen molar-refractivity contribution in [3.05, 3.63) is 82.9 Å². The van der Waals surface area contributed by atoms with Gasteiger partial charge in [-0.3, -0.25) is 0 Å². The normalized spacial score (nSPS) is 16.4. The van der Waals surface area contributed by atoms with E-state index < -0.39 is 6.03 Å². The molecule has 288 valence electrons. The predicted octanol–water partition coefficient (Wildman–Crippen LogP) is 10.2. The Labute approximate surface area is 337 Å². The molecule has 10 aromatic rings. The molecule has 1 unspecified atom stereocenters. The SMILES string of the molecule is CCc1cc2cc(CC)c3c4nc(n3CC)-c3cccc5c3OC36Oc7c(cccc7-c7oc8c(CC)cc9cc(CC)c%10c(c9c8[n+]73)[n+]6c-5n%10CC)-c3nc(c1o3)c24. The molecule has 8 heterocycles. The lowest BCUT2D eigenvalue weighted by Crippen LogP contribution is -2.83. The summed E-state index contributed by atoms with van der Waals surface area (Å²) >= 11 is 0. The highest BCUT2D eigenvalue weighted by Crippen LogP contribution is 2.54. The smallest absolute Gasteiger partial charge is 0.436 e. The van der Waals surface area contributed by atoms with Crippen LogP contribution in [0, 0.1) is 0 Å². The lowest BCUT2D eigenvalue weighted by atomic mass is 9.97. The molecule has 14 rings (SSSR count). The quantitative estimate of drug-likeness (QED) is 0.156. The lowest BCUT2D eigenvalue weighted by molar-refractivity contribution is -1.04. The zero-order valence-corrected chi connectivity index (χ0v) is 33.8. The first-order chi connectivity index (χ1) is 29.0. The molecule has 0 aliphatic carbocycles. The van der Waals surface area contributed by atoms with E-state index in [-0.39, 0.29) is 0 Å². The van der Waals surface area contributed by atoms with Crippen molar-refractivity contribution >= 4 is 65.8 Å². The van der Waals surface area contributed by atoms with Gasteiger partial charge in [0.15, 0.2) is 22.6 Å². The van der Waals surface area contributed by atoms with Crippen molar-refractivity contribution in [3.8, 4) is 57.2 Å². The van der Waals surface area contributed by atoms with Gasteiger partial charge in [-0.2, -0.15) is 0 Å². The highest BCUT2D eigenvalue weighted by Gasteiger charge is 2.70. The molecule has 7 bridgehead atoms. The lowest BCUT2D eigenvalue weighted by Gasteiger charge is -2.34. The molecule has 0 N–H and O–H groups in total. The maximum absolute atomic E-state index is 7.80. The minimum atomic E-state index is -1.56. The van der Waals surface area contributed by atoms with Crippen molar-refractivity contribution in [1.29, 1.82) is 0 Å². The van der Waals surface area contributed by atoms with Gasteiger partial charge in [-0.25, -0.2) is 14.5 Å². The fraction of sp³-hybridized carbons (Fsp3) is 0.265. The summed E-state index contributed by atoms with van der Waals surface area (Å²) in [5, 5.41) is 4.46. The van der Waals surface area contributed by atoms with Gasteiger partial charge in [0.1, 0.15) is 27.9 Å². The highest BCUT2D eigenvalue weighted by molar-refractivity contribution is 6.19. The van der Waals surface area contributed by atoms with Crippen molar-refractivity contribution in [1.82, 2.24) is 19.1 Å². The average Bonchev–Trinajstić information content (AvgIpc) is 4.06. The van der Waals surface area contributed by atoms with Gasteiger partial charge in [0, 0.05) is 23.1 Å². The van der Waals surface area contributed by atoms with Gasteiger partial charge in [0.25, 0.3) is 5.52 Å². The molecular weight excluding hydrogens is 737 g/mol. The summed E-state index contributed by atoms with van der Waals surface area (Å²) in [6.45, 7) is 14.8. The van der Waals surface area contributed by atoms with Crippen molar-refractivity contribution in [2.24, 2.45) is 0 Å². The number of aromatic nitrogens is 6. The van der Waals surface area contributed by atoms with Crippen LogP contribution in [0.2, 0.25) is 0 Å². The fourth-order valence-corrected chi connectivity index (χ4v) is 11.3. The second-order valence-corrected chi connectivity index (χ2v) is 16.5. The van der Waals surface area contributed by atoms with Gasteiger partial charge in [-0.15, -0.1) is 0 Å². The topological polar surface area (TPSA) is 88.1 Å². The number of benzene rings is 6. The van der Waals surface area contributed by atoms with Crippen LogP contribution in [0.4, 0.5) is 0 Å². The summed E-state index contributed by atoms with van der Waals surface area (Å²) in [7, 11) is 0. The average molecular weight is 777 g/mol. The summed E-state index contributed by atoms with van der Waals surface area (Å²) in [6.07, 6.45) is 3.33. The van der Waals surface area contributed by atoms with Crippen molar-refractivity contribution < 1.29 is 27.4 Å². The molecule has 4 aromatic heterocycles. The van der Waals surface area contributed by atoms with Crippen LogP contribution >= 0.6 is 0 Å². The maximum Gasteiger partial charge on any atom is 0.657 e. The molecule has 6 aromatic carbocycles. The summed E-state index contributed by atoms with van der Waals surface area (Å²) in [4.78, 5) is 11.1. The Morgan fingerprint density at radius 1 is 0.576 bits per heavy atom. The van der Waals surface area contributed by atoms with E-state index in [4.69, 9.17) is 28.3 Å². The first kappa shape index (κ1) is 32.3. The van der Waals surface area contributed by atoms with E-state index in [1.165, 1.54) is 22.0 Å². The monoisotopic (exact) mass is 776 g/mol. The Morgan fingerprint density at radius 3 is 1.93 bits per heavy atom. The van der Waals surface area contributed by atoms with Crippen LogP contribution in [0.25, 0.3) is 111 Å². The number of nitrogens with zero attached hydrogens (tertiary/aromatic N) is 6. The molecule has 4 aliphatic heterocycles. The summed E-state index contributed by atoms with van der Waals surface area (Å²) in [5.41, 5.74) is 16.0. The molecule has 10 heteroatoms. The molecular formula is C49H40N6O4+2. The Bertz CT molecular complexity index is 3660. The van der Waals surface area contributed by atoms with Crippen molar-refractivity contribution in [2.45, 2.75) is 86.4 Å². The minimum Gasteiger partial charge on any atom is -0.436 e. The molecule has 0 saturated heterocycles. The van der Waals surface area contributed by atoms with Crippen LogP contribution in [-0.2, 0) is 44.8 Å². The number of rotatable bonds is 6. The van der Waals surface area contributed by atoms with Crippen molar-refractivity contribution in [2.75, 3.05) is 0 Å². The zero-order chi connectivity index (χ0) is 39.4. The van der Waals surface area contributed by atoms with Crippen molar-refractivity contribution in [3.63, 3.8) is 0 Å². The van der Waals surface area contributed by atoms with E-state index in [1.54, 1.807) is 0 Å². The van der Waals surface area contributed by atoms with E-state index in [0.717, 1.165) is 138 Å². The standard InChI is InChI=1S/C49H40N6O4/c1-7-23-19-27-21-25(9-3)41-36-33(27)35-37(23)52(11-5)45(50-35)29-15-13-17-31-43(29)58-49-54-39-34-28(20-24(8-2)38(39)53(12-6)47(31)54)22-26(10-4)42-40(34)55(49)48(57-42)32-18-14-16-30(44(32)59-49)46(51-36)56-41/h13-22H,7-12H2,1-6H3/q+2. The number of aryl methyl sites for hydroxylation is 6. The van der Waals surface area contributed by atoms with Crippen LogP contribution in [0.3, 0.4) is 0 Å². The second-order valence-electron chi connectivity index (χ2n) is 16.5. The maximum atomic E-state index is 7.80. The van der Waals surface area contributed by atoms with Gasteiger partial charge >= 0.3 is 17.8 Å². The summed E-state index contributed by atoms with van der Waals surface area (Å²) < 4.78 is 39.1. The molecule has 0 radical (unpaired) electrons. The van der Waals surface area contributed by atoms with E-state index in [1.807, 2.05) is 6.07 Å². The Kier molecular flexibility index (Phi) is 5.74. The Morgan fingerprint density at radius 2 is 1.20 bits per heavy atom. The number of hydrogen-bond donors (Lipinski definition) is 0. The third kappa shape index (κ3) is 3.41. The molecule has 0 saturated carbocycles. The minimum absolute atomic E-state index is 0.486. The number of ether oxygens (including phenoxy) is 2.